The minimum absolute atomic E-state index is 0.376. The number of hydrogen-bond acceptors (Lipinski definition) is 3. The molecule has 2 aromatic rings. The van der Waals surface area contributed by atoms with Crippen LogP contribution < -0.4 is 0 Å². The number of hydrogen-bond donors (Lipinski definition) is 1. The van der Waals surface area contributed by atoms with Gasteiger partial charge in [-0.15, -0.1) is 11.3 Å². The third-order valence-electron chi connectivity index (χ3n) is 2.70. The number of nitrogens with zero attached hydrogens (tertiary/aromatic N) is 1. The van der Waals surface area contributed by atoms with E-state index < -0.39 is 5.97 Å². The Labute approximate surface area is 121 Å². The number of aromatic carboxylic acids is 1. The minimum Gasteiger partial charge on any atom is -0.477 e. The van der Waals surface area contributed by atoms with Gasteiger partial charge in [-0.05, 0) is 30.8 Å². The second kappa shape index (κ2) is 6.19. The van der Waals surface area contributed by atoms with Crippen molar-refractivity contribution in [3.63, 3.8) is 0 Å². The maximum Gasteiger partial charge on any atom is 0.345 e. The van der Waals surface area contributed by atoms with Gasteiger partial charge in [-0.25, -0.2) is 4.79 Å². The van der Waals surface area contributed by atoms with E-state index in [-0.39, 0.29) is 0 Å². The zero-order valence-electron chi connectivity index (χ0n) is 10.5. The van der Waals surface area contributed by atoms with Crippen LogP contribution in [0.25, 0.3) is 0 Å². The fourth-order valence-electron chi connectivity index (χ4n) is 1.82. The fourth-order valence-corrected chi connectivity index (χ4v) is 2.94. The van der Waals surface area contributed by atoms with E-state index in [1.54, 1.807) is 6.07 Å². The molecule has 2 rings (SSSR count). The van der Waals surface area contributed by atoms with E-state index >= 15 is 0 Å². The summed E-state index contributed by atoms with van der Waals surface area (Å²) >= 11 is 7.43. The molecule has 1 heterocycles. The van der Waals surface area contributed by atoms with Crippen LogP contribution >= 0.6 is 22.9 Å². The van der Waals surface area contributed by atoms with Crippen LogP contribution in [0.2, 0.25) is 5.02 Å². The first-order valence-electron chi connectivity index (χ1n) is 5.80. The maximum absolute atomic E-state index is 10.8. The van der Waals surface area contributed by atoms with E-state index in [0.717, 1.165) is 22.0 Å². The Hall–Kier alpha value is -1.36. The Balaban J connectivity index is 1.99. The standard InChI is InChI=1S/C14H14ClNO2S/c1-16(8-10-4-2-3-5-12(10)15)9-11-6-7-13(19-11)14(17)18/h2-7H,8-9H2,1H3,(H,17,18). The lowest BCUT2D eigenvalue weighted by Crippen LogP contribution is -2.16. The van der Waals surface area contributed by atoms with Crippen LogP contribution in [-0.2, 0) is 13.1 Å². The van der Waals surface area contributed by atoms with Crippen molar-refractivity contribution < 1.29 is 9.90 Å². The molecule has 0 saturated carbocycles. The molecule has 3 nitrogen and oxygen atoms in total. The Kier molecular flexibility index (Phi) is 4.58. The zero-order valence-corrected chi connectivity index (χ0v) is 12.0. The third-order valence-corrected chi connectivity index (χ3v) is 4.12. The molecule has 0 unspecified atom stereocenters. The van der Waals surface area contributed by atoms with Crippen LogP contribution in [0.3, 0.4) is 0 Å². The molecular weight excluding hydrogens is 282 g/mol. The predicted octanol–water partition coefficient (Wildman–Crippen LogP) is 3.73. The van der Waals surface area contributed by atoms with Crippen molar-refractivity contribution in [2.24, 2.45) is 0 Å². The van der Waals surface area contributed by atoms with Crippen molar-refractivity contribution in [3.05, 3.63) is 56.7 Å². The van der Waals surface area contributed by atoms with Crippen molar-refractivity contribution in [2.75, 3.05) is 7.05 Å². The third kappa shape index (κ3) is 3.80. The molecule has 0 spiro atoms. The number of carboxylic acids is 1. The summed E-state index contributed by atoms with van der Waals surface area (Å²) in [6.45, 7) is 1.45. The van der Waals surface area contributed by atoms with Crippen LogP contribution in [-0.4, -0.2) is 23.0 Å². The minimum atomic E-state index is -0.870. The molecule has 0 aliphatic carbocycles. The van der Waals surface area contributed by atoms with Crippen LogP contribution in [0, 0.1) is 0 Å². The first-order chi connectivity index (χ1) is 9.06. The fraction of sp³-hybridized carbons (Fsp3) is 0.214. The van der Waals surface area contributed by atoms with Gasteiger partial charge < -0.3 is 5.11 Å². The first kappa shape index (κ1) is 14.1. The van der Waals surface area contributed by atoms with Crippen LogP contribution in [0.1, 0.15) is 20.1 Å². The van der Waals surface area contributed by atoms with E-state index in [4.69, 9.17) is 16.7 Å². The lowest BCUT2D eigenvalue weighted by molar-refractivity contribution is 0.0702. The second-order valence-corrected chi connectivity index (χ2v) is 5.91. The number of halogens is 1. The Morgan fingerprint density at radius 2 is 2.00 bits per heavy atom. The van der Waals surface area contributed by atoms with E-state index in [1.165, 1.54) is 11.3 Å². The molecule has 0 aliphatic rings. The molecule has 0 saturated heterocycles. The summed E-state index contributed by atoms with van der Waals surface area (Å²) < 4.78 is 0. The number of carboxylic acid groups (broad SMARTS) is 1. The molecule has 0 atom stereocenters. The highest BCUT2D eigenvalue weighted by Crippen LogP contribution is 2.20. The number of benzene rings is 1. The zero-order chi connectivity index (χ0) is 13.8. The molecule has 0 fully saturated rings. The van der Waals surface area contributed by atoms with Gasteiger partial charge in [0.05, 0.1) is 0 Å². The molecule has 0 bridgehead atoms. The summed E-state index contributed by atoms with van der Waals surface area (Å²) in [6.07, 6.45) is 0. The van der Waals surface area contributed by atoms with Crippen molar-refractivity contribution in [1.82, 2.24) is 4.90 Å². The summed E-state index contributed by atoms with van der Waals surface area (Å²) in [7, 11) is 1.99. The summed E-state index contributed by atoms with van der Waals surface area (Å²) in [5, 5.41) is 9.64. The molecule has 0 aliphatic heterocycles. The molecule has 1 N–H and O–H groups in total. The van der Waals surface area contributed by atoms with Gasteiger partial charge >= 0.3 is 5.97 Å². The van der Waals surface area contributed by atoms with E-state index in [2.05, 4.69) is 4.90 Å². The van der Waals surface area contributed by atoms with E-state index in [1.807, 2.05) is 37.4 Å². The lowest BCUT2D eigenvalue weighted by Gasteiger charge is -2.16. The summed E-state index contributed by atoms with van der Waals surface area (Å²) in [4.78, 5) is 14.3. The molecule has 1 aromatic heterocycles. The van der Waals surface area contributed by atoms with Gasteiger partial charge in [-0.1, -0.05) is 29.8 Å². The normalized spacial score (nSPS) is 10.9. The molecule has 0 radical (unpaired) electrons. The molecule has 19 heavy (non-hydrogen) atoms. The summed E-state index contributed by atoms with van der Waals surface area (Å²) in [5.41, 5.74) is 1.07. The largest absolute Gasteiger partial charge is 0.477 e. The first-order valence-corrected chi connectivity index (χ1v) is 6.99. The Morgan fingerprint density at radius 3 is 2.63 bits per heavy atom. The van der Waals surface area contributed by atoms with Crippen LogP contribution in [0.15, 0.2) is 36.4 Å². The molecular formula is C14H14ClNO2S. The van der Waals surface area contributed by atoms with Gasteiger partial charge in [0, 0.05) is 23.0 Å². The number of rotatable bonds is 5. The van der Waals surface area contributed by atoms with Crippen molar-refractivity contribution >= 4 is 28.9 Å². The molecule has 1 aromatic carbocycles. The smallest absolute Gasteiger partial charge is 0.345 e. The van der Waals surface area contributed by atoms with Crippen molar-refractivity contribution in [3.8, 4) is 0 Å². The van der Waals surface area contributed by atoms with Gasteiger partial charge in [0.2, 0.25) is 0 Å². The highest BCUT2D eigenvalue weighted by Gasteiger charge is 2.09. The average molecular weight is 296 g/mol. The second-order valence-electron chi connectivity index (χ2n) is 4.33. The van der Waals surface area contributed by atoms with E-state index in [9.17, 15) is 4.79 Å². The van der Waals surface area contributed by atoms with Crippen LogP contribution in [0.5, 0.6) is 0 Å². The average Bonchev–Trinajstić information content (AvgIpc) is 2.80. The monoisotopic (exact) mass is 295 g/mol. The summed E-state index contributed by atoms with van der Waals surface area (Å²) in [6, 6.07) is 11.2. The molecule has 5 heteroatoms. The van der Waals surface area contributed by atoms with Gasteiger partial charge in [0.1, 0.15) is 4.88 Å². The van der Waals surface area contributed by atoms with Crippen molar-refractivity contribution in [2.45, 2.75) is 13.1 Å². The van der Waals surface area contributed by atoms with E-state index in [0.29, 0.717) is 11.4 Å². The SMILES string of the molecule is CN(Cc1ccc(C(=O)O)s1)Cc1ccccc1Cl. The van der Waals surface area contributed by atoms with Gasteiger partial charge in [-0.3, -0.25) is 4.90 Å². The number of carbonyl (C=O) groups is 1. The Bertz CT molecular complexity index is 582. The predicted molar refractivity (Wildman–Crippen MR) is 77.9 cm³/mol. The molecule has 0 amide bonds. The van der Waals surface area contributed by atoms with Gasteiger partial charge in [0.25, 0.3) is 0 Å². The van der Waals surface area contributed by atoms with Gasteiger partial charge in [-0.2, -0.15) is 0 Å². The lowest BCUT2D eigenvalue weighted by atomic mass is 10.2. The van der Waals surface area contributed by atoms with Crippen molar-refractivity contribution in [1.29, 1.82) is 0 Å². The highest BCUT2D eigenvalue weighted by atomic mass is 35.5. The Morgan fingerprint density at radius 1 is 1.26 bits per heavy atom. The van der Waals surface area contributed by atoms with Gasteiger partial charge in [0.15, 0.2) is 0 Å². The summed E-state index contributed by atoms with van der Waals surface area (Å²) in [5.74, 6) is -0.870. The maximum atomic E-state index is 10.8. The van der Waals surface area contributed by atoms with Crippen LogP contribution in [0.4, 0.5) is 0 Å². The number of thiophene rings is 1. The topological polar surface area (TPSA) is 40.5 Å². The molecule has 100 valence electrons. The quantitative estimate of drug-likeness (QED) is 0.913. The highest BCUT2D eigenvalue weighted by molar-refractivity contribution is 7.13.